The van der Waals surface area contributed by atoms with E-state index in [-0.39, 0.29) is 23.3 Å². The molecule has 0 aliphatic carbocycles. The molecule has 1 aromatic heterocycles. The van der Waals surface area contributed by atoms with Gasteiger partial charge < -0.3 is 9.73 Å². The fourth-order valence-electron chi connectivity index (χ4n) is 2.75. The first-order chi connectivity index (χ1) is 13.1. The minimum Gasteiger partial charge on any atom is -0.467 e. The summed E-state index contributed by atoms with van der Waals surface area (Å²) in [6, 6.07) is 18.3. The normalized spacial score (nSPS) is 12.9. The third-order valence-corrected chi connectivity index (χ3v) is 4.13. The van der Waals surface area contributed by atoms with Gasteiger partial charge in [-0.15, -0.1) is 0 Å². The molecule has 1 heterocycles. The Kier molecular flexibility index (Phi) is 5.63. The third kappa shape index (κ3) is 4.39. The summed E-state index contributed by atoms with van der Waals surface area (Å²) in [5, 5.41) is 17.0. The fourth-order valence-corrected chi connectivity index (χ4v) is 2.75. The maximum absolute atomic E-state index is 12.6. The van der Waals surface area contributed by atoms with Crippen LogP contribution in [0.2, 0.25) is 0 Å². The van der Waals surface area contributed by atoms with Crippen molar-refractivity contribution in [3.63, 3.8) is 0 Å². The number of rotatable bonds is 7. The number of nitrogens with zero attached hydrogens (tertiary/aromatic N) is 1. The quantitative estimate of drug-likeness (QED) is 0.489. The average Bonchev–Trinajstić information content (AvgIpc) is 3.21. The van der Waals surface area contributed by atoms with E-state index in [0.29, 0.717) is 5.76 Å². The van der Waals surface area contributed by atoms with E-state index in [4.69, 9.17) is 4.42 Å². The zero-order chi connectivity index (χ0) is 19.2. The van der Waals surface area contributed by atoms with Crippen LogP contribution in [-0.2, 0) is 4.79 Å². The zero-order valence-electron chi connectivity index (χ0n) is 14.7. The molecule has 0 saturated carbocycles. The van der Waals surface area contributed by atoms with Crippen LogP contribution < -0.4 is 10.6 Å². The monoisotopic (exact) mass is 365 g/mol. The lowest BCUT2D eigenvalue weighted by molar-refractivity contribution is -0.383. The van der Waals surface area contributed by atoms with Gasteiger partial charge in [0.1, 0.15) is 11.4 Å². The molecule has 138 valence electrons. The van der Waals surface area contributed by atoms with Crippen LogP contribution in [-0.4, -0.2) is 16.9 Å². The van der Waals surface area contributed by atoms with Crippen LogP contribution in [0.3, 0.4) is 0 Å². The third-order valence-electron chi connectivity index (χ3n) is 4.13. The number of hydrogen-bond acceptors (Lipinski definition) is 5. The molecular weight excluding hydrogens is 346 g/mol. The summed E-state index contributed by atoms with van der Waals surface area (Å²) in [7, 11) is 0. The molecule has 1 amide bonds. The summed E-state index contributed by atoms with van der Waals surface area (Å²) in [6.45, 7) is 1.70. The first-order valence-electron chi connectivity index (χ1n) is 8.45. The average molecular weight is 365 g/mol. The predicted molar refractivity (Wildman–Crippen MR) is 101 cm³/mol. The van der Waals surface area contributed by atoms with E-state index in [1.165, 1.54) is 12.1 Å². The smallest absolute Gasteiger partial charge is 0.292 e. The van der Waals surface area contributed by atoms with Gasteiger partial charge in [0.2, 0.25) is 5.91 Å². The van der Waals surface area contributed by atoms with Crippen LogP contribution >= 0.6 is 0 Å². The van der Waals surface area contributed by atoms with Crippen LogP contribution in [0, 0.1) is 10.1 Å². The molecule has 3 rings (SSSR count). The molecule has 0 radical (unpaired) electrons. The highest BCUT2D eigenvalue weighted by atomic mass is 16.6. The summed E-state index contributed by atoms with van der Waals surface area (Å²) >= 11 is 0. The summed E-state index contributed by atoms with van der Waals surface area (Å²) in [6.07, 6.45) is 1.57. The summed E-state index contributed by atoms with van der Waals surface area (Å²) in [5.41, 5.74) is 0.955. The minimum atomic E-state index is -0.625. The highest BCUT2D eigenvalue weighted by molar-refractivity contribution is 5.96. The molecule has 0 fully saturated rings. The zero-order valence-corrected chi connectivity index (χ0v) is 14.7. The Morgan fingerprint density at radius 3 is 2.41 bits per heavy atom. The standard InChI is InChI=1S/C20H19N3O4/c1-14(20(24)22-16-10-5-6-11-17(16)23(25)26)21-19(18-12-7-13-27-18)15-8-3-2-4-9-15/h2-14,19,21H,1H3,(H,22,24)/t14-,19+/m0/s1. The highest BCUT2D eigenvalue weighted by Crippen LogP contribution is 2.25. The van der Waals surface area contributed by atoms with Gasteiger partial charge in [-0.2, -0.15) is 0 Å². The molecule has 0 aliphatic rings. The van der Waals surface area contributed by atoms with Crippen molar-refractivity contribution in [1.29, 1.82) is 0 Å². The molecule has 3 aromatic rings. The van der Waals surface area contributed by atoms with Crippen molar-refractivity contribution < 1.29 is 14.1 Å². The number of anilines is 1. The first kappa shape index (κ1) is 18.3. The number of nitro benzene ring substituents is 1. The number of amides is 1. The number of furan rings is 1. The number of para-hydroxylation sites is 2. The second-order valence-corrected chi connectivity index (χ2v) is 6.01. The number of carbonyl (C=O) groups excluding carboxylic acids is 1. The minimum absolute atomic E-state index is 0.149. The maximum atomic E-state index is 12.6. The Balaban J connectivity index is 1.77. The largest absolute Gasteiger partial charge is 0.467 e. The molecule has 0 bridgehead atoms. The number of carbonyl (C=O) groups is 1. The molecular formula is C20H19N3O4. The molecule has 7 heteroatoms. The number of hydrogen-bond donors (Lipinski definition) is 2. The lowest BCUT2D eigenvalue weighted by atomic mass is 10.0. The van der Waals surface area contributed by atoms with Gasteiger partial charge in [0.05, 0.1) is 23.3 Å². The lowest BCUT2D eigenvalue weighted by Crippen LogP contribution is -2.40. The number of nitro groups is 1. The molecule has 2 aromatic carbocycles. The van der Waals surface area contributed by atoms with Gasteiger partial charge >= 0.3 is 0 Å². The Morgan fingerprint density at radius 2 is 1.74 bits per heavy atom. The SMILES string of the molecule is C[C@H](N[C@H](c1ccccc1)c1ccco1)C(=O)Nc1ccccc1[N+](=O)[O-]. The second-order valence-electron chi connectivity index (χ2n) is 6.01. The Hall–Kier alpha value is -3.45. The van der Waals surface area contributed by atoms with E-state index in [1.54, 1.807) is 31.4 Å². The van der Waals surface area contributed by atoms with Crippen molar-refractivity contribution in [2.24, 2.45) is 0 Å². The molecule has 0 saturated heterocycles. The van der Waals surface area contributed by atoms with Crippen molar-refractivity contribution in [3.05, 3.63) is 94.4 Å². The summed E-state index contributed by atoms with van der Waals surface area (Å²) in [4.78, 5) is 23.2. The molecule has 0 spiro atoms. The van der Waals surface area contributed by atoms with Crippen LogP contribution in [0.4, 0.5) is 11.4 Å². The van der Waals surface area contributed by atoms with E-state index < -0.39 is 11.0 Å². The fraction of sp³-hybridized carbons (Fsp3) is 0.150. The molecule has 7 nitrogen and oxygen atoms in total. The van der Waals surface area contributed by atoms with E-state index in [9.17, 15) is 14.9 Å². The Labute approximate surface area is 156 Å². The molecule has 2 N–H and O–H groups in total. The second kappa shape index (κ2) is 8.29. The van der Waals surface area contributed by atoms with Crippen LogP contribution in [0.25, 0.3) is 0 Å². The maximum Gasteiger partial charge on any atom is 0.292 e. The van der Waals surface area contributed by atoms with E-state index in [0.717, 1.165) is 5.56 Å². The number of nitrogens with one attached hydrogen (secondary N) is 2. The van der Waals surface area contributed by atoms with Crippen LogP contribution in [0.5, 0.6) is 0 Å². The lowest BCUT2D eigenvalue weighted by Gasteiger charge is -2.22. The Bertz CT molecular complexity index is 910. The molecule has 2 atom stereocenters. The van der Waals surface area contributed by atoms with Crippen LogP contribution in [0.1, 0.15) is 24.3 Å². The van der Waals surface area contributed by atoms with Gasteiger partial charge in [-0.1, -0.05) is 42.5 Å². The summed E-state index contributed by atoms with van der Waals surface area (Å²) < 4.78 is 5.52. The van der Waals surface area contributed by atoms with Gasteiger partial charge in [0.25, 0.3) is 5.69 Å². The molecule has 0 unspecified atom stereocenters. The van der Waals surface area contributed by atoms with Gasteiger partial charge in [0.15, 0.2) is 0 Å². The molecule has 0 aliphatic heterocycles. The predicted octanol–water partition coefficient (Wildman–Crippen LogP) is 3.89. The van der Waals surface area contributed by atoms with E-state index in [2.05, 4.69) is 10.6 Å². The van der Waals surface area contributed by atoms with Crippen molar-refractivity contribution in [2.75, 3.05) is 5.32 Å². The van der Waals surface area contributed by atoms with E-state index >= 15 is 0 Å². The Morgan fingerprint density at radius 1 is 1.04 bits per heavy atom. The van der Waals surface area contributed by atoms with Crippen molar-refractivity contribution >= 4 is 17.3 Å². The highest BCUT2D eigenvalue weighted by Gasteiger charge is 2.24. The summed E-state index contributed by atoms with van der Waals surface area (Å²) in [5.74, 6) is 0.295. The van der Waals surface area contributed by atoms with Gasteiger partial charge in [-0.25, -0.2) is 0 Å². The number of benzene rings is 2. The van der Waals surface area contributed by atoms with Gasteiger partial charge in [-0.05, 0) is 30.7 Å². The van der Waals surface area contributed by atoms with Crippen molar-refractivity contribution in [3.8, 4) is 0 Å². The van der Waals surface area contributed by atoms with Crippen molar-refractivity contribution in [2.45, 2.75) is 19.0 Å². The van der Waals surface area contributed by atoms with Crippen molar-refractivity contribution in [1.82, 2.24) is 5.32 Å². The topological polar surface area (TPSA) is 97.4 Å². The van der Waals surface area contributed by atoms with E-state index in [1.807, 2.05) is 36.4 Å². The first-order valence-corrected chi connectivity index (χ1v) is 8.45. The van der Waals surface area contributed by atoms with Crippen LogP contribution in [0.15, 0.2) is 77.4 Å². The molecule has 27 heavy (non-hydrogen) atoms. The van der Waals surface area contributed by atoms with Gasteiger partial charge in [0, 0.05) is 6.07 Å². The van der Waals surface area contributed by atoms with Gasteiger partial charge in [-0.3, -0.25) is 20.2 Å².